The Morgan fingerprint density at radius 2 is 1.79 bits per heavy atom. The number of methoxy groups -OCH3 is 1. The highest BCUT2D eigenvalue weighted by molar-refractivity contribution is 7.89. The zero-order valence-corrected chi connectivity index (χ0v) is 17.5. The highest BCUT2D eigenvalue weighted by Crippen LogP contribution is 2.30. The van der Waals surface area contributed by atoms with Crippen LogP contribution in [0.1, 0.15) is 12.8 Å². The summed E-state index contributed by atoms with van der Waals surface area (Å²) in [6.45, 7) is 0.513. The topological polar surface area (TPSA) is 75.7 Å². The predicted octanol–water partition coefficient (Wildman–Crippen LogP) is 4.04. The number of piperidine rings is 1. The maximum absolute atomic E-state index is 12.9. The minimum Gasteiger partial charge on any atom is -0.495 e. The third-order valence-corrected chi connectivity index (χ3v) is 7.24. The van der Waals surface area contributed by atoms with Crippen LogP contribution in [0.2, 0.25) is 10.0 Å². The van der Waals surface area contributed by atoms with Crippen molar-refractivity contribution < 1.29 is 17.9 Å². The van der Waals surface area contributed by atoms with E-state index in [0.29, 0.717) is 29.3 Å². The second-order valence-electron chi connectivity index (χ2n) is 6.44. The molecule has 3 rings (SSSR count). The molecule has 0 radical (unpaired) electrons. The van der Waals surface area contributed by atoms with E-state index in [1.54, 1.807) is 24.3 Å². The summed E-state index contributed by atoms with van der Waals surface area (Å²) in [5, 5.41) is 3.51. The van der Waals surface area contributed by atoms with Crippen molar-refractivity contribution in [3.05, 3.63) is 52.5 Å². The molecule has 0 saturated carbocycles. The number of ether oxygens (including phenoxy) is 1. The van der Waals surface area contributed by atoms with Crippen molar-refractivity contribution in [3.63, 3.8) is 0 Å². The Hall–Kier alpha value is -1.80. The lowest BCUT2D eigenvalue weighted by Gasteiger charge is -2.30. The fourth-order valence-electron chi connectivity index (χ4n) is 3.11. The molecule has 0 aliphatic carbocycles. The average molecular weight is 443 g/mol. The number of carbonyl (C=O) groups excluding carboxylic acids is 1. The van der Waals surface area contributed by atoms with Crippen molar-refractivity contribution in [2.24, 2.45) is 5.92 Å². The van der Waals surface area contributed by atoms with E-state index in [0.717, 1.165) is 0 Å². The van der Waals surface area contributed by atoms with E-state index in [1.165, 1.54) is 29.6 Å². The number of anilines is 1. The molecule has 2 aromatic carbocycles. The molecule has 1 N–H and O–H groups in total. The van der Waals surface area contributed by atoms with E-state index in [4.69, 9.17) is 27.9 Å². The first kappa shape index (κ1) is 20.9. The summed E-state index contributed by atoms with van der Waals surface area (Å²) in [5.41, 5.74) is 0.553. The van der Waals surface area contributed by atoms with Gasteiger partial charge in [-0.25, -0.2) is 8.42 Å². The number of halogens is 2. The third-order valence-electron chi connectivity index (χ3n) is 4.72. The van der Waals surface area contributed by atoms with Crippen molar-refractivity contribution in [1.29, 1.82) is 0 Å². The van der Waals surface area contributed by atoms with E-state index in [1.807, 2.05) is 0 Å². The highest BCUT2D eigenvalue weighted by atomic mass is 35.5. The Labute approximate surface area is 174 Å². The summed E-state index contributed by atoms with van der Waals surface area (Å²) in [4.78, 5) is 12.6. The van der Waals surface area contributed by atoms with Crippen LogP contribution in [0.3, 0.4) is 0 Å². The molecule has 1 heterocycles. The predicted molar refractivity (Wildman–Crippen MR) is 110 cm³/mol. The highest BCUT2D eigenvalue weighted by Gasteiger charge is 2.32. The van der Waals surface area contributed by atoms with E-state index in [9.17, 15) is 13.2 Å². The Balaban J connectivity index is 1.65. The fraction of sp³-hybridized carbons (Fsp3) is 0.316. The summed E-state index contributed by atoms with van der Waals surface area (Å²) < 4.78 is 32.2. The molecule has 2 aromatic rings. The van der Waals surface area contributed by atoms with Gasteiger partial charge in [0.05, 0.1) is 27.7 Å². The Kier molecular flexibility index (Phi) is 6.50. The number of hydrogen-bond acceptors (Lipinski definition) is 4. The van der Waals surface area contributed by atoms with Crippen molar-refractivity contribution in [2.45, 2.75) is 17.7 Å². The maximum atomic E-state index is 12.9. The standard InChI is InChI=1S/C19H20Cl2N2O4S/c1-27-18-7-6-14(12-16(18)21)28(25,26)23-10-8-13(9-11-23)19(24)22-17-5-3-2-4-15(17)20/h2-7,12-13H,8-11H2,1H3,(H,22,24). The van der Waals surface area contributed by atoms with Crippen LogP contribution in [0.25, 0.3) is 0 Å². The molecule has 1 aliphatic rings. The van der Waals surface area contributed by atoms with Crippen LogP contribution in [-0.4, -0.2) is 38.8 Å². The molecule has 28 heavy (non-hydrogen) atoms. The Bertz CT molecular complexity index is 974. The van der Waals surface area contributed by atoms with Gasteiger partial charge in [0.2, 0.25) is 15.9 Å². The van der Waals surface area contributed by atoms with Gasteiger partial charge >= 0.3 is 0 Å². The number of benzene rings is 2. The van der Waals surface area contributed by atoms with Crippen molar-refractivity contribution in [2.75, 3.05) is 25.5 Å². The van der Waals surface area contributed by atoms with Gasteiger partial charge in [0.1, 0.15) is 5.75 Å². The summed E-state index contributed by atoms with van der Waals surface area (Å²) in [6, 6.07) is 11.4. The molecule has 0 atom stereocenters. The molecule has 1 saturated heterocycles. The second-order valence-corrected chi connectivity index (χ2v) is 9.20. The van der Waals surface area contributed by atoms with Gasteiger partial charge in [-0.3, -0.25) is 4.79 Å². The van der Waals surface area contributed by atoms with Crippen molar-refractivity contribution in [3.8, 4) is 5.75 Å². The molecule has 0 aromatic heterocycles. The zero-order chi connectivity index (χ0) is 20.3. The molecule has 1 aliphatic heterocycles. The van der Waals surface area contributed by atoms with E-state index in [2.05, 4.69) is 5.32 Å². The first-order valence-electron chi connectivity index (χ1n) is 8.72. The van der Waals surface area contributed by atoms with E-state index >= 15 is 0 Å². The quantitative estimate of drug-likeness (QED) is 0.757. The van der Waals surface area contributed by atoms with Gasteiger partial charge in [-0.1, -0.05) is 35.3 Å². The SMILES string of the molecule is COc1ccc(S(=O)(=O)N2CCC(C(=O)Nc3ccccc3Cl)CC2)cc1Cl. The lowest BCUT2D eigenvalue weighted by Crippen LogP contribution is -2.41. The molecule has 6 nitrogen and oxygen atoms in total. The lowest BCUT2D eigenvalue weighted by molar-refractivity contribution is -0.120. The smallest absolute Gasteiger partial charge is 0.243 e. The van der Waals surface area contributed by atoms with Crippen LogP contribution in [0.4, 0.5) is 5.69 Å². The number of carbonyl (C=O) groups is 1. The van der Waals surface area contributed by atoms with Gasteiger partial charge in [0.15, 0.2) is 0 Å². The van der Waals surface area contributed by atoms with E-state index in [-0.39, 0.29) is 34.8 Å². The minimum atomic E-state index is -3.68. The fourth-order valence-corrected chi connectivity index (χ4v) is 5.11. The molecule has 1 amide bonds. The maximum Gasteiger partial charge on any atom is 0.243 e. The molecule has 0 bridgehead atoms. The summed E-state index contributed by atoms with van der Waals surface area (Å²) in [5.74, 6) is -0.0182. The molecule has 0 spiro atoms. The molecule has 1 fully saturated rings. The number of rotatable bonds is 5. The average Bonchev–Trinajstić information content (AvgIpc) is 2.69. The number of amides is 1. The zero-order valence-electron chi connectivity index (χ0n) is 15.2. The van der Waals surface area contributed by atoms with Crippen LogP contribution >= 0.6 is 23.2 Å². The van der Waals surface area contributed by atoms with Gasteiger partial charge in [-0.15, -0.1) is 0 Å². The summed E-state index contributed by atoms with van der Waals surface area (Å²) in [7, 11) is -2.22. The first-order valence-corrected chi connectivity index (χ1v) is 10.9. The second kappa shape index (κ2) is 8.69. The lowest BCUT2D eigenvalue weighted by atomic mass is 9.97. The number of nitrogens with zero attached hydrogens (tertiary/aromatic N) is 1. The van der Waals surface area contributed by atoms with Gasteiger partial charge in [-0.2, -0.15) is 4.31 Å². The van der Waals surface area contributed by atoms with Gasteiger partial charge < -0.3 is 10.1 Å². The van der Waals surface area contributed by atoms with Gasteiger partial charge in [0, 0.05) is 19.0 Å². The molecule has 0 unspecified atom stereocenters. The number of sulfonamides is 1. The number of nitrogens with one attached hydrogen (secondary N) is 1. The normalized spacial score (nSPS) is 16.0. The van der Waals surface area contributed by atoms with Crippen molar-refractivity contribution in [1.82, 2.24) is 4.31 Å². The summed E-state index contributed by atoms with van der Waals surface area (Å²) >= 11 is 12.1. The van der Waals surface area contributed by atoms with Crippen molar-refractivity contribution >= 4 is 44.8 Å². The van der Waals surface area contributed by atoms with Crippen LogP contribution in [0.5, 0.6) is 5.75 Å². The monoisotopic (exact) mass is 442 g/mol. The van der Waals surface area contributed by atoms with Crippen LogP contribution < -0.4 is 10.1 Å². The molecule has 150 valence electrons. The number of hydrogen-bond donors (Lipinski definition) is 1. The largest absolute Gasteiger partial charge is 0.495 e. The van der Waals surface area contributed by atoms with E-state index < -0.39 is 10.0 Å². The molecular formula is C19H20Cl2N2O4S. The van der Waals surface area contributed by atoms with Gasteiger partial charge in [0.25, 0.3) is 0 Å². The number of para-hydroxylation sites is 1. The Morgan fingerprint density at radius 1 is 1.11 bits per heavy atom. The van der Waals surface area contributed by atoms with Crippen LogP contribution in [-0.2, 0) is 14.8 Å². The first-order chi connectivity index (χ1) is 13.3. The van der Waals surface area contributed by atoms with Gasteiger partial charge in [-0.05, 0) is 43.2 Å². The minimum absolute atomic E-state index is 0.109. The third kappa shape index (κ3) is 4.43. The summed E-state index contributed by atoms with van der Waals surface area (Å²) in [6.07, 6.45) is 0.860. The van der Waals surface area contributed by atoms with Crippen LogP contribution in [0, 0.1) is 5.92 Å². The Morgan fingerprint density at radius 3 is 2.39 bits per heavy atom. The van der Waals surface area contributed by atoms with Crippen LogP contribution in [0.15, 0.2) is 47.4 Å². The molecular weight excluding hydrogens is 423 g/mol. The molecule has 9 heteroatoms.